The number of ether oxygens (including phenoxy) is 1. The molecule has 1 heterocycles. The summed E-state index contributed by atoms with van der Waals surface area (Å²) in [5.74, 6) is 0.644. The zero-order chi connectivity index (χ0) is 15.7. The molecule has 0 saturated carbocycles. The molecule has 0 bridgehead atoms. The minimum absolute atomic E-state index is 0.0537. The van der Waals surface area contributed by atoms with Crippen molar-refractivity contribution in [3.05, 3.63) is 54.1 Å². The van der Waals surface area contributed by atoms with Crippen molar-refractivity contribution in [3.8, 4) is 5.75 Å². The molecule has 0 saturated heterocycles. The smallest absolute Gasteiger partial charge is 0.264 e. The van der Waals surface area contributed by atoms with Crippen LogP contribution in [0.2, 0.25) is 0 Å². The Hall–Kier alpha value is -2.01. The first kappa shape index (κ1) is 14.9. The summed E-state index contributed by atoms with van der Waals surface area (Å²) in [6.45, 7) is 1.96. The predicted molar refractivity (Wildman–Crippen MR) is 86.9 cm³/mol. The molecule has 0 N–H and O–H groups in total. The van der Waals surface area contributed by atoms with Gasteiger partial charge in [-0.25, -0.2) is 8.42 Å². The maximum atomic E-state index is 13.0. The van der Waals surface area contributed by atoms with E-state index < -0.39 is 10.0 Å². The third-order valence-electron chi connectivity index (χ3n) is 4.08. The Morgan fingerprint density at radius 3 is 2.45 bits per heavy atom. The monoisotopic (exact) mass is 317 g/mol. The van der Waals surface area contributed by atoms with Gasteiger partial charge >= 0.3 is 0 Å². The molecule has 4 nitrogen and oxygen atoms in total. The maximum absolute atomic E-state index is 13.0. The van der Waals surface area contributed by atoms with E-state index in [-0.39, 0.29) is 10.9 Å². The quantitative estimate of drug-likeness (QED) is 0.873. The third kappa shape index (κ3) is 2.46. The van der Waals surface area contributed by atoms with Crippen LogP contribution in [0.3, 0.4) is 0 Å². The summed E-state index contributed by atoms with van der Waals surface area (Å²) < 4.78 is 32.7. The van der Waals surface area contributed by atoms with Gasteiger partial charge in [-0.15, -0.1) is 0 Å². The van der Waals surface area contributed by atoms with Crippen LogP contribution in [0.15, 0.2) is 53.4 Å². The zero-order valence-electron chi connectivity index (χ0n) is 12.7. The van der Waals surface area contributed by atoms with Crippen molar-refractivity contribution < 1.29 is 13.2 Å². The number of fused-ring (bicyclic) bond motifs is 1. The fraction of sp³-hybridized carbons (Fsp3) is 0.294. The summed E-state index contributed by atoms with van der Waals surface area (Å²) in [5.41, 5.74) is 1.87. The number of sulfonamides is 1. The van der Waals surface area contributed by atoms with Crippen LogP contribution in [0.5, 0.6) is 5.75 Å². The number of aryl methyl sites for hydroxylation is 1. The average molecular weight is 317 g/mol. The lowest BCUT2D eigenvalue weighted by atomic mass is 9.99. The molecule has 116 valence electrons. The SMILES string of the molecule is COc1ccc(S(=O)(=O)N2c3ccccc3CC[C@H]2C)cc1. The number of hydrogen-bond acceptors (Lipinski definition) is 3. The lowest BCUT2D eigenvalue weighted by Gasteiger charge is -2.36. The summed E-state index contributed by atoms with van der Waals surface area (Å²) in [5, 5.41) is 0. The van der Waals surface area contributed by atoms with Gasteiger partial charge in [-0.1, -0.05) is 18.2 Å². The topological polar surface area (TPSA) is 46.6 Å². The van der Waals surface area contributed by atoms with Gasteiger partial charge in [0.2, 0.25) is 0 Å². The Labute approximate surface area is 131 Å². The first-order valence-electron chi connectivity index (χ1n) is 7.30. The van der Waals surface area contributed by atoms with Crippen molar-refractivity contribution in [2.45, 2.75) is 30.7 Å². The van der Waals surface area contributed by atoms with Crippen LogP contribution < -0.4 is 9.04 Å². The van der Waals surface area contributed by atoms with Crippen molar-refractivity contribution in [1.82, 2.24) is 0 Å². The number of nitrogens with zero attached hydrogens (tertiary/aromatic N) is 1. The van der Waals surface area contributed by atoms with E-state index in [1.807, 2.05) is 31.2 Å². The van der Waals surface area contributed by atoms with Crippen molar-refractivity contribution in [1.29, 1.82) is 0 Å². The predicted octanol–water partition coefficient (Wildman–Crippen LogP) is 3.23. The zero-order valence-corrected chi connectivity index (χ0v) is 13.5. The number of benzene rings is 2. The summed E-state index contributed by atoms with van der Waals surface area (Å²) in [6.07, 6.45) is 1.73. The van der Waals surface area contributed by atoms with E-state index in [9.17, 15) is 8.42 Å². The Bertz CT molecular complexity index is 769. The summed E-state index contributed by atoms with van der Waals surface area (Å²) in [4.78, 5) is 0.289. The molecule has 0 aromatic heterocycles. The van der Waals surface area contributed by atoms with E-state index >= 15 is 0 Å². The van der Waals surface area contributed by atoms with Crippen molar-refractivity contribution >= 4 is 15.7 Å². The number of hydrogen-bond donors (Lipinski definition) is 0. The summed E-state index contributed by atoms with van der Waals surface area (Å²) >= 11 is 0. The standard InChI is InChI=1S/C17H19NO3S/c1-13-7-8-14-5-3-4-6-17(14)18(13)22(19,20)16-11-9-15(21-2)10-12-16/h3-6,9-13H,7-8H2,1-2H3/t13-/m1/s1. The minimum atomic E-state index is -3.57. The Morgan fingerprint density at radius 2 is 1.77 bits per heavy atom. The van der Waals surface area contributed by atoms with E-state index in [1.54, 1.807) is 35.7 Å². The van der Waals surface area contributed by atoms with Crippen LogP contribution >= 0.6 is 0 Å². The van der Waals surface area contributed by atoms with E-state index in [4.69, 9.17) is 4.74 Å². The molecule has 22 heavy (non-hydrogen) atoms. The normalized spacial score (nSPS) is 17.9. The highest BCUT2D eigenvalue weighted by Gasteiger charge is 2.33. The number of rotatable bonds is 3. The van der Waals surface area contributed by atoms with Crippen molar-refractivity contribution in [2.24, 2.45) is 0 Å². The molecule has 0 fully saturated rings. The number of para-hydroxylation sites is 1. The van der Waals surface area contributed by atoms with Crippen LogP contribution in [-0.2, 0) is 16.4 Å². The molecule has 5 heteroatoms. The Morgan fingerprint density at radius 1 is 1.09 bits per heavy atom. The van der Waals surface area contributed by atoms with Crippen LogP contribution in [0.1, 0.15) is 18.9 Å². The highest BCUT2D eigenvalue weighted by atomic mass is 32.2. The van der Waals surface area contributed by atoms with Crippen LogP contribution in [0.4, 0.5) is 5.69 Å². The fourth-order valence-electron chi connectivity index (χ4n) is 2.88. The molecule has 2 aromatic rings. The molecule has 0 radical (unpaired) electrons. The molecule has 0 spiro atoms. The van der Waals surface area contributed by atoms with Gasteiger partial charge in [0.15, 0.2) is 0 Å². The van der Waals surface area contributed by atoms with Crippen LogP contribution in [-0.4, -0.2) is 21.6 Å². The minimum Gasteiger partial charge on any atom is -0.497 e. The highest BCUT2D eigenvalue weighted by Crippen LogP contribution is 2.35. The molecule has 1 aliphatic rings. The van der Waals surface area contributed by atoms with Gasteiger partial charge in [-0.05, 0) is 55.7 Å². The second kappa shape index (κ2) is 5.65. The highest BCUT2D eigenvalue weighted by molar-refractivity contribution is 7.92. The maximum Gasteiger partial charge on any atom is 0.264 e. The molecule has 3 rings (SSSR count). The van der Waals surface area contributed by atoms with Crippen molar-refractivity contribution in [2.75, 3.05) is 11.4 Å². The molecule has 0 amide bonds. The van der Waals surface area contributed by atoms with Gasteiger partial charge in [0.25, 0.3) is 10.0 Å². The second-order valence-corrected chi connectivity index (χ2v) is 7.31. The average Bonchev–Trinajstić information content (AvgIpc) is 2.54. The van der Waals surface area contributed by atoms with Crippen LogP contribution in [0.25, 0.3) is 0 Å². The third-order valence-corrected chi connectivity index (χ3v) is 6.02. The molecule has 1 atom stereocenters. The molecular weight excluding hydrogens is 298 g/mol. The number of methoxy groups -OCH3 is 1. The first-order chi connectivity index (χ1) is 10.5. The second-order valence-electron chi connectivity index (χ2n) is 5.49. The summed E-state index contributed by atoms with van der Waals surface area (Å²) in [7, 11) is -2.01. The largest absolute Gasteiger partial charge is 0.497 e. The lowest BCUT2D eigenvalue weighted by Crippen LogP contribution is -2.42. The van der Waals surface area contributed by atoms with Gasteiger partial charge < -0.3 is 4.74 Å². The van der Waals surface area contributed by atoms with E-state index in [0.717, 1.165) is 24.1 Å². The Kier molecular flexibility index (Phi) is 3.83. The van der Waals surface area contributed by atoms with Crippen molar-refractivity contribution in [3.63, 3.8) is 0 Å². The van der Waals surface area contributed by atoms with Crippen LogP contribution in [0, 0.1) is 0 Å². The number of anilines is 1. The lowest BCUT2D eigenvalue weighted by molar-refractivity contribution is 0.414. The molecule has 2 aromatic carbocycles. The fourth-order valence-corrected chi connectivity index (χ4v) is 4.61. The van der Waals surface area contributed by atoms with E-state index in [0.29, 0.717) is 5.75 Å². The van der Waals surface area contributed by atoms with Gasteiger partial charge in [0.1, 0.15) is 5.75 Å². The first-order valence-corrected chi connectivity index (χ1v) is 8.74. The summed E-state index contributed by atoms with van der Waals surface area (Å²) in [6, 6.07) is 14.2. The van der Waals surface area contributed by atoms with Gasteiger partial charge in [-0.3, -0.25) is 4.31 Å². The molecule has 0 aliphatic carbocycles. The van der Waals surface area contributed by atoms with E-state index in [1.165, 1.54) is 0 Å². The molecular formula is C17H19NO3S. The van der Waals surface area contributed by atoms with Gasteiger partial charge in [-0.2, -0.15) is 0 Å². The van der Waals surface area contributed by atoms with E-state index in [2.05, 4.69) is 0 Å². The molecule has 1 aliphatic heterocycles. The van der Waals surface area contributed by atoms with Gasteiger partial charge in [0.05, 0.1) is 17.7 Å². The molecule has 0 unspecified atom stereocenters. The Balaban J connectivity index is 2.07. The van der Waals surface area contributed by atoms with Gasteiger partial charge in [0, 0.05) is 6.04 Å².